The molecule has 4 N–H and O–H groups in total. The highest BCUT2D eigenvalue weighted by Gasteiger charge is 2.39. The minimum absolute atomic E-state index is 0.0663. The zero-order chi connectivity index (χ0) is 32.0. The van der Waals surface area contributed by atoms with Gasteiger partial charge >= 0.3 is 11.9 Å². The zero-order valence-corrected chi connectivity index (χ0v) is 27.0. The number of carbonyl (C=O) groups is 2. The molecule has 0 saturated carbocycles. The fourth-order valence-electron chi connectivity index (χ4n) is 4.85. The molecule has 0 aromatic heterocycles. The highest BCUT2D eigenvalue weighted by molar-refractivity contribution is 9.10. The van der Waals surface area contributed by atoms with Gasteiger partial charge < -0.3 is 29.9 Å². The van der Waals surface area contributed by atoms with Crippen LogP contribution < -0.4 is 9.47 Å². The van der Waals surface area contributed by atoms with E-state index in [0.717, 1.165) is 11.1 Å². The number of aliphatic carboxylic acids is 2. The van der Waals surface area contributed by atoms with Gasteiger partial charge in [-0.05, 0) is 98.9 Å². The molecule has 0 radical (unpaired) electrons. The van der Waals surface area contributed by atoms with Crippen LogP contribution in [0, 0.1) is 5.92 Å². The van der Waals surface area contributed by atoms with Gasteiger partial charge in [0.25, 0.3) is 0 Å². The van der Waals surface area contributed by atoms with Crippen molar-refractivity contribution in [3.63, 3.8) is 0 Å². The van der Waals surface area contributed by atoms with Gasteiger partial charge in [-0.15, -0.1) is 0 Å². The lowest BCUT2D eigenvalue weighted by molar-refractivity contribution is -0.130. The molecule has 0 aliphatic carbocycles. The summed E-state index contributed by atoms with van der Waals surface area (Å²) in [7, 11) is 0. The fourth-order valence-corrected chi connectivity index (χ4v) is 5.84. The Kier molecular flexibility index (Phi) is 14.8. The predicted octanol–water partition coefficient (Wildman–Crippen LogP) is 5.77. The van der Waals surface area contributed by atoms with Crippen molar-refractivity contribution in [1.82, 2.24) is 0 Å². The molecule has 0 bridgehead atoms. The highest BCUT2D eigenvalue weighted by Crippen LogP contribution is 2.47. The summed E-state index contributed by atoms with van der Waals surface area (Å²) in [5.74, 6) is -1.60. The Bertz CT molecular complexity index is 1260. The van der Waals surface area contributed by atoms with Crippen LogP contribution in [0.4, 0.5) is 0 Å². The molecular weight excluding hydrogens is 688 g/mol. The van der Waals surface area contributed by atoms with Gasteiger partial charge in [0.15, 0.2) is 0 Å². The molecule has 43 heavy (non-hydrogen) atoms. The summed E-state index contributed by atoms with van der Waals surface area (Å²) >= 11 is 7.15. The predicted molar refractivity (Wildman–Crippen MR) is 172 cm³/mol. The summed E-state index contributed by atoms with van der Waals surface area (Å²) in [5.41, 5.74) is 0.733. The monoisotopic (exact) mass is 722 g/mol. The largest absolute Gasteiger partial charge is 0.490 e. The average Bonchev–Trinajstić information content (AvgIpc) is 2.97. The molecule has 0 fully saturated rings. The molecule has 232 valence electrons. The standard InChI is InChI=1S/C31H36Br2N2O8/c1-4-34-25(29(38)39)10-6-20(7-11-26(30(40)41)35-5-2)31(3,21-8-12-27(23(32)18-21)42-16-14-36)22-9-13-28(24(33)19-22)43-17-15-37/h4-5,8-9,12-13,18-20,36-37H,1-2,6-7,10-11,14-17H2,3H3,(H,38,39)(H,40,41). The van der Waals surface area contributed by atoms with E-state index in [-0.39, 0.29) is 56.6 Å². The van der Waals surface area contributed by atoms with Gasteiger partial charge in [-0.1, -0.05) is 32.2 Å². The van der Waals surface area contributed by atoms with Crippen LogP contribution in [-0.2, 0) is 15.0 Å². The Hall–Kier alpha value is -3.32. The van der Waals surface area contributed by atoms with Crippen molar-refractivity contribution in [3.05, 3.63) is 82.0 Å². The minimum atomic E-state index is -1.17. The number of aliphatic hydroxyl groups excluding tert-OH is 2. The first kappa shape index (κ1) is 35.9. The maximum Gasteiger partial charge on any atom is 0.350 e. The maximum absolute atomic E-state index is 11.9. The Labute approximate surface area is 267 Å². The normalized spacial score (nSPS) is 12.9. The van der Waals surface area contributed by atoms with E-state index < -0.39 is 17.4 Å². The zero-order valence-electron chi connectivity index (χ0n) is 23.8. The summed E-state index contributed by atoms with van der Waals surface area (Å²) < 4.78 is 12.6. The SMILES string of the molecule is C=CN=C(CCC(CCC(=NC=C)C(=O)O)C(C)(c1ccc(OCCO)c(Br)c1)c1ccc(OCCO)c(Br)c1)C(=O)O. The Morgan fingerprint density at radius 2 is 1.23 bits per heavy atom. The molecule has 12 heteroatoms. The number of rotatable bonds is 19. The summed E-state index contributed by atoms with van der Waals surface area (Å²) in [6.45, 7) is 8.99. The molecule has 0 unspecified atom stereocenters. The van der Waals surface area contributed by atoms with Crippen molar-refractivity contribution in [2.45, 2.75) is 38.0 Å². The molecule has 2 rings (SSSR count). The van der Waals surface area contributed by atoms with Crippen LogP contribution in [-0.4, -0.2) is 70.2 Å². The van der Waals surface area contributed by atoms with Crippen LogP contribution in [0.25, 0.3) is 0 Å². The number of ether oxygens (including phenoxy) is 2. The van der Waals surface area contributed by atoms with E-state index in [1.54, 1.807) is 12.1 Å². The van der Waals surface area contributed by atoms with Crippen molar-refractivity contribution in [1.29, 1.82) is 0 Å². The molecule has 0 aliphatic rings. The highest BCUT2D eigenvalue weighted by atomic mass is 79.9. The molecule has 0 aliphatic heterocycles. The lowest BCUT2D eigenvalue weighted by Crippen LogP contribution is -2.35. The Balaban J connectivity index is 2.77. The first-order valence-electron chi connectivity index (χ1n) is 13.4. The van der Waals surface area contributed by atoms with Crippen LogP contribution in [0.15, 0.2) is 80.9 Å². The average molecular weight is 724 g/mol. The molecule has 0 spiro atoms. The van der Waals surface area contributed by atoms with Crippen molar-refractivity contribution < 1.29 is 39.5 Å². The van der Waals surface area contributed by atoms with E-state index >= 15 is 0 Å². The van der Waals surface area contributed by atoms with Crippen LogP contribution in [0.2, 0.25) is 0 Å². The van der Waals surface area contributed by atoms with Crippen molar-refractivity contribution in [2.24, 2.45) is 15.9 Å². The molecule has 2 aromatic rings. The molecular formula is C31H36Br2N2O8. The molecule has 0 saturated heterocycles. The maximum atomic E-state index is 11.9. The number of hydrogen-bond donors (Lipinski definition) is 4. The first-order valence-corrected chi connectivity index (χ1v) is 15.0. The van der Waals surface area contributed by atoms with Gasteiger partial charge in [0.2, 0.25) is 0 Å². The quantitative estimate of drug-likeness (QED) is 0.133. The number of nitrogens with zero attached hydrogens (tertiary/aromatic N) is 2. The lowest BCUT2D eigenvalue weighted by atomic mass is 9.64. The summed E-state index contributed by atoms with van der Waals surface area (Å²) in [4.78, 5) is 31.7. The molecule has 10 nitrogen and oxygen atoms in total. The van der Waals surface area contributed by atoms with Crippen molar-refractivity contribution in [2.75, 3.05) is 26.4 Å². The number of hydrogen-bond acceptors (Lipinski definition) is 8. The van der Waals surface area contributed by atoms with E-state index in [4.69, 9.17) is 9.47 Å². The van der Waals surface area contributed by atoms with Crippen LogP contribution in [0.3, 0.4) is 0 Å². The van der Waals surface area contributed by atoms with Gasteiger partial charge in [-0.25, -0.2) is 9.59 Å². The van der Waals surface area contributed by atoms with Gasteiger partial charge in [-0.3, -0.25) is 9.98 Å². The topological polar surface area (TPSA) is 158 Å². The minimum Gasteiger partial charge on any atom is -0.490 e. The smallest absolute Gasteiger partial charge is 0.350 e. The molecule has 0 heterocycles. The number of carboxylic acid groups (broad SMARTS) is 2. The lowest BCUT2D eigenvalue weighted by Gasteiger charge is -2.40. The third-order valence-electron chi connectivity index (χ3n) is 7.02. The second-order valence-corrected chi connectivity index (χ2v) is 11.2. The van der Waals surface area contributed by atoms with E-state index in [9.17, 15) is 30.0 Å². The molecule has 2 aromatic carbocycles. The Morgan fingerprint density at radius 3 is 1.53 bits per heavy atom. The molecule has 0 amide bonds. The Morgan fingerprint density at radius 1 is 0.837 bits per heavy atom. The first-order chi connectivity index (χ1) is 20.5. The van der Waals surface area contributed by atoms with Crippen molar-refractivity contribution >= 4 is 55.2 Å². The van der Waals surface area contributed by atoms with Gasteiger partial charge in [-0.2, -0.15) is 0 Å². The van der Waals surface area contributed by atoms with E-state index in [1.165, 1.54) is 12.4 Å². The van der Waals surface area contributed by atoms with E-state index in [1.807, 2.05) is 31.2 Å². The molecule has 0 atom stereocenters. The van der Waals surface area contributed by atoms with Crippen molar-refractivity contribution in [3.8, 4) is 11.5 Å². The number of benzene rings is 2. The van der Waals surface area contributed by atoms with E-state index in [2.05, 4.69) is 55.0 Å². The fraction of sp³-hybridized carbons (Fsp3) is 0.355. The third-order valence-corrected chi connectivity index (χ3v) is 8.26. The van der Waals surface area contributed by atoms with Gasteiger partial charge in [0.05, 0.1) is 22.2 Å². The van der Waals surface area contributed by atoms with Gasteiger partial charge in [0, 0.05) is 17.8 Å². The number of halogens is 2. The number of aliphatic hydroxyl groups is 2. The van der Waals surface area contributed by atoms with E-state index in [0.29, 0.717) is 33.3 Å². The van der Waals surface area contributed by atoms with Gasteiger partial charge in [0.1, 0.15) is 36.1 Å². The number of carboxylic acids is 2. The summed E-state index contributed by atoms with van der Waals surface area (Å²) in [6, 6.07) is 11.1. The second kappa shape index (κ2) is 17.7. The number of aliphatic imine (C=N–C) groups is 2. The summed E-state index contributed by atoms with van der Waals surface area (Å²) in [6.07, 6.45) is 3.22. The third kappa shape index (κ3) is 9.85. The van der Waals surface area contributed by atoms with Crippen LogP contribution in [0.5, 0.6) is 11.5 Å². The summed E-state index contributed by atoms with van der Waals surface area (Å²) in [5, 5.41) is 37.9. The van der Waals surface area contributed by atoms with Crippen LogP contribution >= 0.6 is 31.9 Å². The van der Waals surface area contributed by atoms with Crippen LogP contribution in [0.1, 0.15) is 43.7 Å². The second-order valence-electron chi connectivity index (χ2n) is 9.54.